The summed E-state index contributed by atoms with van der Waals surface area (Å²) in [7, 11) is 0. The van der Waals surface area contributed by atoms with E-state index >= 15 is 0 Å². The van der Waals surface area contributed by atoms with Crippen LogP contribution in [0.4, 0.5) is 26.3 Å². The number of benzene rings is 2. The molecular formula is C24H14ClF6N5O. The third-order valence-electron chi connectivity index (χ3n) is 5.13. The smallest absolute Gasteiger partial charge is 0.366 e. The van der Waals surface area contributed by atoms with Crippen LogP contribution in [0, 0.1) is 0 Å². The number of halogens is 7. The van der Waals surface area contributed by atoms with E-state index in [0.29, 0.717) is 0 Å². The van der Waals surface area contributed by atoms with Crippen molar-refractivity contribution in [2.45, 2.75) is 12.4 Å². The van der Waals surface area contributed by atoms with Gasteiger partial charge in [0.15, 0.2) is 11.6 Å². The SMILES string of the molecule is NC(=O)/C(=C\n1nc(-c2ccccc2C(F)(F)F)nc1-c1ccccc1C(F)(F)F)c1ccc(Cl)nc1. The average Bonchev–Trinajstić information content (AvgIpc) is 3.26. The highest BCUT2D eigenvalue weighted by Crippen LogP contribution is 2.39. The van der Waals surface area contributed by atoms with Gasteiger partial charge in [0.2, 0.25) is 0 Å². The van der Waals surface area contributed by atoms with Gasteiger partial charge in [-0.05, 0) is 24.3 Å². The molecule has 0 radical (unpaired) electrons. The van der Waals surface area contributed by atoms with Gasteiger partial charge in [-0.2, -0.15) is 26.3 Å². The largest absolute Gasteiger partial charge is 0.417 e. The van der Waals surface area contributed by atoms with Gasteiger partial charge in [0, 0.05) is 29.1 Å². The summed E-state index contributed by atoms with van der Waals surface area (Å²) in [4.78, 5) is 20.1. The highest BCUT2D eigenvalue weighted by molar-refractivity contribution is 6.29. The normalized spacial score (nSPS) is 12.6. The molecule has 37 heavy (non-hydrogen) atoms. The number of primary amides is 1. The molecule has 13 heteroatoms. The number of carbonyl (C=O) groups excluding carboxylic acids is 1. The Balaban J connectivity index is 2.02. The van der Waals surface area contributed by atoms with E-state index in [4.69, 9.17) is 17.3 Å². The second-order valence-corrected chi connectivity index (χ2v) is 7.95. The first-order valence-electron chi connectivity index (χ1n) is 10.3. The Kier molecular flexibility index (Phi) is 6.78. The summed E-state index contributed by atoms with van der Waals surface area (Å²) in [5.41, 5.74) is 2.21. The van der Waals surface area contributed by atoms with E-state index in [1.807, 2.05) is 0 Å². The number of aromatic nitrogens is 4. The van der Waals surface area contributed by atoms with Crippen LogP contribution in [0.2, 0.25) is 5.15 Å². The topological polar surface area (TPSA) is 86.7 Å². The molecule has 190 valence electrons. The zero-order valence-corrected chi connectivity index (χ0v) is 19.1. The van der Waals surface area contributed by atoms with Crippen LogP contribution in [0.25, 0.3) is 34.5 Å². The molecular weight excluding hydrogens is 524 g/mol. The average molecular weight is 538 g/mol. The summed E-state index contributed by atoms with van der Waals surface area (Å²) in [5, 5.41) is 4.12. The fourth-order valence-corrected chi connectivity index (χ4v) is 3.61. The minimum absolute atomic E-state index is 0.0964. The van der Waals surface area contributed by atoms with Gasteiger partial charge < -0.3 is 5.73 Å². The van der Waals surface area contributed by atoms with Crippen molar-refractivity contribution in [1.29, 1.82) is 0 Å². The number of hydrogen-bond acceptors (Lipinski definition) is 4. The molecule has 1 amide bonds. The zero-order valence-electron chi connectivity index (χ0n) is 18.3. The Morgan fingerprint density at radius 3 is 1.97 bits per heavy atom. The third kappa shape index (κ3) is 5.48. The van der Waals surface area contributed by atoms with Crippen molar-refractivity contribution >= 4 is 29.3 Å². The number of alkyl halides is 6. The molecule has 0 spiro atoms. The van der Waals surface area contributed by atoms with Crippen LogP contribution in [-0.4, -0.2) is 25.7 Å². The molecule has 0 saturated carbocycles. The summed E-state index contributed by atoms with van der Waals surface area (Å²) >= 11 is 5.77. The monoisotopic (exact) mass is 537 g/mol. The minimum atomic E-state index is -4.83. The van der Waals surface area contributed by atoms with E-state index in [0.717, 1.165) is 47.3 Å². The van der Waals surface area contributed by atoms with Crippen LogP contribution >= 0.6 is 11.6 Å². The van der Waals surface area contributed by atoms with Crippen molar-refractivity contribution in [3.05, 3.63) is 88.7 Å². The Bertz CT molecular complexity index is 1490. The predicted molar refractivity (Wildman–Crippen MR) is 124 cm³/mol. The standard InChI is InChI=1S/C24H14ClF6N5O/c25-19-10-9-13(11-33-19)16(20(32)37)12-36-22(15-6-2-4-8-18(15)24(29,30)31)34-21(35-36)14-5-1-3-7-17(14)23(26,27)28/h1-12H,(H2,32,37)/b16-12-. The van der Waals surface area contributed by atoms with E-state index in [1.54, 1.807) is 0 Å². The Hall–Kier alpha value is -4.19. The Morgan fingerprint density at radius 1 is 0.865 bits per heavy atom. The van der Waals surface area contributed by atoms with Gasteiger partial charge in [0.1, 0.15) is 5.15 Å². The number of pyridine rings is 1. The molecule has 0 aliphatic heterocycles. The lowest BCUT2D eigenvalue weighted by atomic mass is 10.1. The first kappa shape index (κ1) is 25.9. The van der Waals surface area contributed by atoms with E-state index in [-0.39, 0.29) is 16.3 Å². The van der Waals surface area contributed by atoms with E-state index < -0.39 is 52.2 Å². The van der Waals surface area contributed by atoms with Crippen molar-refractivity contribution < 1.29 is 31.1 Å². The first-order chi connectivity index (χ1) is 17.4. The lowest BCUT2D eigenvalue weighted by molar-refractivity contribution is -0.137. The molecule has 0 atom stereocenters. The Morgan fingerprint density at radius 2 is 1.43 bits per heavy atom. The summed E-state index contributed by atoms with van der Waals surface area (Å²) in [5.74, 6) is -2.00. The van der Waals surface area contributed by atoms with Gasteiger partial charge >= 0.3 is 12.4 Å². The predicted octanol–water partition coefficient (Wildman–Crippen LogP) is 6.18. The molecule has 2 aromatic carbocycles. The second-order valence-electron chi connectivity index (χ2n) is 7.57. The van der Waals surface area contributed by atoms with E-state index in [2.05, 4.69) is 15.1 Å². The van der Waals surface area contributed by atoms with Crippen LogP contribution in [0.15, 0.2) is 66.9 Å². The van der Waals surface area contributed by atoms with Crippen molar-refractivity contribution in [2.75, 3.05) is 0 Å². The molecule has 2 aromatic heterocycles. The molecule has 2 heterocycles. The number of amides is 1. The summed E-state index contributed by atoms with van der Waals surface area (Å²) in [6, 6.07) is 11.4. The van der Waals surface area contributed by atoms with E-state index in [1.165, 1.54) is 30.5 Å². The summed E-state index contributed by atoms with van der Waals surface area (Å²) in [6.45, 7) is 0. The molecule has 4 rings (SSSR count). The fourth-order valence-electron chi connectivity index (χ4n) is 3.50. The minimum Gasteiger partial charge on any atom is -0.366 e. The molecule has 0 saturated heterocycles. The Labute approximate surface area is 210 Å². The maximum atomic E-state index is 13.8. The maximum Gasteiger partial charge on any atom is 0.417 e. The second kappa shape index (κ2) is 9.69. The van der Waals surface area contributed by atoms with Crippen molar-refractivity contribution in [3.63, 3.8) is 0 Å². The molecule has 0 aliphatic carbocycles. The van der Waals surface area contributed by atoms with Crippen LogP contribution < -0.4 is 5.73 Å². The fraction of sp³-hybridized carbons (Fsp3) is 0.0833. The van der Waals surface area contributed by atoms with Crippen LogP contribution in [0.3, 0.4) is 0 Å². The lowest BCUT2D eigenvalue weighted by Crippen LogP contribution is -2.14. The molecule has 6 nitrogen and oxygen atoms in total. The van der Waals surface area contributed by atoms with Gasteiger partial charge in [0.25, 0.3) is 5.91 Å². The quantitative estimate of drug-likeness (QED) is 0.187. The van der Waals surface area contributed by atoms with Gasteiger partial charge in [-0.15, -0.1) is 5.10 Å². The highest BCUT2D eigenvalue weighted by atomic mass is 35.5. The lowest BCUT2D eigenvalue weighted by Gasteiger charge is -2.12. The van der Waals surface area contributed by atoms with Gasteiger partial charge in [-0.1, -0.05) is 48.0 Å². The highest BCUT2D eigenvalue weighted by Gasteiger charge is 2.37. The molecule has 0 unspecified atom stereocenters. The molecule has 2 N–H and O–H groups in total. The van der Waals surface area contributed by atoms with Gasteiger partial charge in [0.05, 0.1) is 16.7 Å². The van der Waals surface area contributed by atoms with Gasteiger partial charge in [-0.25, -0.2) is 14.6 Å². The molecule has 0 fully saturated rings. The molecule has 0 aliphatic rings. The van der Waals surface area contributed by atoms with Crippen molar-refractivity contribution in [1.82, 2.24) is 19.7 Å². The molecule has 4 aromatic rings. The summed E-state index contributed by atoms with van der Waals surface area (Å²) < 4.78 is 83.1. The number of carbonyl (C=O) groups is 1. The van der Waals surface area contributed by atoms with Crippen molar-refractivity contribution in [3.8, 4) is 22.8 Å². The number of nitrogens with two attached hydrogens (primary N) is 1. The van der Waals surface area contributed by atoms with Gasteiger partial charge in [-0.3, -0.25) is 4.79 Å². The number of rotatable bonds is 5. The zero-order chi connectivity index (χ0) is 27.0. The van der Waals surface area contributed by atoms with Crippen LogP contribution in [0.1, 0.15) is 16.7 Å². The number of hydrogen-bond donors (Lipinski definition) is 1. The van der Waals surface area contributed by atoms with Crippen LogP contribution in [-0.2, 0) is 17.1 Å². The summed E-state index contributed by atoms with van der Waals surface area (Å²) in [6.07, 6.45) is -7.45. The van der Waals surface area contributed by atoms with Crippen LogP contribution in [0.5, 0.6) is 0 Å². The molecule has 0 bridgehead atoms. The first-order valence-corrected chi connectivity index (χ1v) is 10.7. The number of nitrogens with zero attached hydrogens (tertiary/aromatic N) is 4. The third-order valence-corrected chi connectivity index (χ3v) is 5.36. The van der Waals surface area contributed by atoms with Crippen molar-refractivity contribution in [2.24, 2.45) is 5.73 Å². The maximum absolute atomic E-state index is 13.8. The van der Waals surface area contributed by atoms with E-state index in [9.17, 15) is 31.1 Å².